The number of rotatable bonds is 3. The Morgan fingerprint density at radius 2 is 2.20 bits per heavy atom. The van der Waals surface area contributed by atoms with Crippen LogP contribution in [-0.4, -0.2) is 24.1 Å². The summed E-state index contributed by atoms with van der Waals surface area (Å²) in [5.74, 6) is 0.449. The highest BCUT2D eigenvalue weighted by molar-refractivity contribution is 6.31. The third kappa shape index (κ3) is 2.62. The number of halogens is 2. The van der Waals surface area contributed by atoms with Crippen molar-refractivity contribution in [2.75, 3.05) is 18.0 Å². The number of benzene rings is 1. The molecule has 1 aliphatic rings. The first kappa shape index (κ1) is 13.3. The molecule has 0 bridgehead atoms. The molecule has 1 aliphatic heterocycles. The van der Waals surface area contributed by atoms with E-state index in [4.69, 9.17) is 11.6 Å². The summed E-state index contributed by atoms with van der Waals surface area (Å²) in [5, 5.41) is 3.48. The summed E-state index contributed by atoms with van der Waals surface area (Å²) in [6, 6.07) is 10.9. The predicted molar refractivity (Wildman–Crippen MR) is 79.1 cm³/mol. The molecule has 1 fully saturated rings. The van der Waals surface area contributed by atoms with Gasteiger partial charge in [0.2, 0.25) is 0 Å². The largest absolute Gasteiger partial charge is 0.322 e. The minimum absolute atomic E-state index is 0.134. The lowest BCUT2D eigenvalue weighted by atomic mass is 10.1. The van der Waals surface area contributed by atoms with E-state index >= 15 is 0 Å². The van der Waals surface area contributed by atoms with Crippen molar-refractivity contribution in [3.63, 3.8) is 0 Å². The van der Waals surface area contributed by atoms with Gasteiger partial charge in [0.1, 0.15) is 11.6 Å². The van der Waals surface area contributed by atoms with E-state index in [0.29, 0.717) is 6.04 Å². The molecule has 3 rings (SSSR count). The molecular formula is C15H15ClFN3. The monoisotopic (exact) mass is 291 g/mol. The van der Waals surface area contributed by atoms with Gasteiger partial charge in [-0.25, -0.2) is 9.37 Å². The molecule has 0 spiro atoms. The summed E-state index contributed by atoms with van der Waals surface area (Å²) in [5.41, 5.74) is 0.865. The number of anilines is 2. The summed E-state index contributed by atoms with van der Waals surface area (Å²) in [6.45, 7) is 1.86. The third-order valence-electron chi connectivity index (χ3n) is 3.48. The lowest BCUT2D eigenvalue weighted by Gasteiger charge is -2.29. The molecule has 0 aliphatic carbocycles. The molecule has 20 heavy (non-hydrogen) atoms. The zero-order chi connectivity index (χ0) is 13.9. The average Bonchev–Trinajstić information content (AvgIpc) is 2.98. The fourth-order valence-corrected chi connectivity index (χ4v) is 2.70. The lowest BCUT2D eigenvalue weighted by Crippen LogP contribution is -2.33. The van der Waals surface area contributed by atoms with Crippen molar-refractivity contribution in [1.29, 1.82) is 0 Å². The van der Waals surface area contributed by atoms with Gasteiger partial charge < -0.3 is 10.2 Å². The highest BCUT2D eigenvalue weighted by Gasteiger charge is 2.25. The Labute approximate surface area is 122 Å². The molecule has 104 valence electrons. The van der Waals surface area contributed by atoms with Gasteiger partial charge in [0.15, 0.2) is 0 Å². The zero-order valence-electron chi connectivity index (χ0n) is 10.9. The van der Waals surface area contributed by atoms with Gasteiger partial charge in [-0.15, -0.1) is 0 Å². The van der Waals surface area contributed by atoms with Gasteiger partial charge in [-0.3, -0.25) is 0 Å². The Bertz CT molecular complexity index is 585. The molecule has 2 aromatic rings. The van der Waals surface area contributed by atoms with Crippen LogP contribution in [0.3, 0.4) is 0 Å². The fraction of sp³-hybridized carbons (Fsp3) is 0.267. The van der Waals surface area contributed by atoms with Gasteiger partial charge in [-0.2, -0.15) is 0 Å². The quantitative estimate of drug-likeness (QED) is 0.940. The summed E-state index contributed by atoms with van der Waals surface area (Å²) in [4.78, 5) is 6.53. The highest BCUT2D eigenvalue weighted by atomic mass is 35.5. The second-order valence-corrected chi connectivity index (χ2v) is 5.21. The SMILES string of the molecule is Fc1ccc(N(c2ccccn2)C2CCNC2)cc1Cl. The molecule has 5 heteroatoms. The fourth-order valence-electron chi connectivity index (χ4n) is 2.52. The van der Waals surface area contributed by atoms with Gasteiger partial charge in [-0.05, 0) is 43.3 Å². The van der Waals surface area contributed by atoms with Crippen LogP contribution in [-0.2, 0) is 0 Å². The van der Waals surface area contributed by atoms with E-state index in [2.05, 4.69) is 15.2 Å². The number of pyridine rings is 1. The van der Waals surface area contributed by atoms with Crippen LogP contribution in [0.1, 0.15) is 6.42 Å². The molecule has 3 nitrogen and oxygen atoms in total. The van der Waals surface area contributed by atoms with Crippen molar-refractivity contribution < 1.29 is 4.39 Å². The maximum Gasteiger partial charge on any atom is 0.141 e. The first-order chi connectivity index (χ1) is 9.75. The van der Waals surface area contributed by atoms with Crippen LogP contribution in [0.25, 0.3) is 0 Å². The molecule has 0 saturated carbocycles. The van der Waals surface area contributed by atoms with Gasteiger partial charge in [0, 0.05) is 24.5 Å². The number of aromatic nitrogens is 1. The predicted octanol–water partition coefficient (Wildman–Crippen LogP) is 3.37. The number of nitrogens with one attached hydrogen (secondary N) is 1. The van der Waals surface area contributed by atoms with E-state index in [1.54, 1.807) is 18.3 Å². The van der Waals surface area contributed by atoms with E-state index in [-0.39, 0.29) is 5.02 Å². The van der Waals surface area contributed by atoms with Crippen LogP contribution in [0.15, 0.2) is 42.6 Å². The Hall–Kier alpha value is -1.65. The van der Waals surface area contributed by atoms with Crippen LogP contribution in [0.2, 0.25) is 5.02 Å². The summed E-state index contributed by atoms with van der Waals surface area (Å²) < 4.78 is 13.4. The molecule has 0 radical (unpaired) electrons. The molecular weight excluding hydrogens is 277 g/mol. The Morgan fingerprint density at radius 1 is 1.30 bits per heavy atom. The van der Waals surface area contributed by atoms with Crippen molar-refractivity contribution in [2.45, 2.75) is 12.5 Å². The first-order valence-corrected chi connectivity index (χ1v) is 6.99. The van der Waals surface area contributed by atoms with Crippen molar-refractivity contribution in [2.24, 2.45) is 0 Å². The van der Waals surface area contributed by atoms with E-state index < -0.39 is 5.82 Å². The molecule has 1 atom stereocenters. The van der Waals surface area contributed by atoms with Crippen molar-refractivity contribution in [1.82, 2.24) is 10.3 Å². The van der Waals surface area contributed by atoms with Crippen molar-refractivity contribution in [3.05, 3.63) is 53.4 Å². The van der Waals surface area contributed by atoms with E-state index in [0.717, 1.165) is 31.0 Å². The normalized spacial score (nSPS) is 18.2. The second kappa shape index (κ2) is 5.77. The minimum atomic E-state index is -0.402. The Kier molecular flexibility index (Phi) is 3.85. The Balaban J connectivity index is 2.02. The van der Waals surface area contributed by atoms with Gasteiger partial charge in [0.05, 0.1) is 5.02 Å². The second-order valence-electron chi connectivity index (χ2n) is 4.80. The molecule has 1 aromatic heterocycles. The molecule has 1 saturated heterocycles. The Morgan fingerprint density at radius 3 is 2.85 bits per heavy atom. The topological polar surface area (TPSA) is 28.2 Å². The number of hydrogen-bond donors (Lipinski definition) is 1. The highest BCUT2D eigenvalue weighted by Crippen LogP contribution is 2.31. The molecule has 0 amide bonds. The minimum Gasteiger partial charge on any atom is -0.322 e. The first-order valence-electron chi connectivity index (χ1n) is 6.62. The van der Waals surface area contributed by atoms with Crippen molar-refractivity contribution in [3.8, 4) is 0 Å². The van der Waals surface area contributed by atoms with Gasteiger partial charge >= 0.3 is 0 Å². The molecule has 1 aromatic carbocycles. The van der Waals surface area contributed by atoms with E-state index in [9.17, 15) is 4.39 Å². The van der Waals surface area contributed by atoms with E-state index in [1.165, 1.54) is 6.07 Å². The zero-order valence-corrected chi connectivity index (χ0v) is 11.6. The average molecular weight is 292 g/mol. The summed E-state index contributed by atoms with van der Waals surface area (Å²) in [7, 11) is 0. The molecule has 1 N–H and O–H groups in total. The number of hydrogen-bond acceptors (Lipinski definition) is 3. The van der Waals surface area contributed by atoms with Gasteiger partial charge in [-0.1, -0.05) is 17.7 Å². The summed E-state index contributed by atoms with van der Waals surface area (Å²) in [6.07, 6.45) is 2.78. The number of nitrogens with zero attached hydrogens (tertiary/aromatic N) is 2. The molecule has 1 unspecified atom stereocenters. The van der Waals surface area contributed by atoms with Crippen LogP contribution in [0.4, 0.5) is 15.9 Å². The van der Waals surface area contributed by atoms with Gasteiger partial charge in [0.25, 0.3) is 0 Å². The van der Waals surface area contributed by atoms with E-state index in [1.807, 2.05) is 18.2 Å². The van der Waals surface area contributed by atoms with Crippen LogP contribution < -0.4 is 10.2 Å². The molecule has 2 heterocycles. The van der Waals surface area contributed by atoms with Crippen molar-refractivity contribution >= 4 is 23.1 Å². The standard InChI is InChI=1S/C15H15ClFN3/c16-13-9-11(4-5-14(13)17)20(12-6-8-18-10-12)15-3-1-2-7-19-15/h1-5,7,9,12,18H,6,8,10H2. The van der Waals surface area contributed by atoms with Crippen LogP contribution in [0.5, 0.6) is 0 Å². The summed E-state index contributed by atoms with van der Waals surface area (Å²) >= 11 is 5.91. The smallest absolute Gasteiger partial charge is 0.141 e. The maximum absolute atomic E-state index is 13.4. The maximum atomic E-state index is 13.4. The van der Waals surface area contributed by atoms with Crippen LogP contribution >= 0.6 is 11.6 Å². The third-order valence-corrected chi connectivity index (χ3v) is 3.77. The lowest BCUT2D eigenvalue weighted by molar-refractivity contribution is 0.627. The van der Waals surface area contributed by atoms with Crippen LogP contribution in [0, 0.1) is 5.82 Å².